The summed E-state index contributed by atoms with van der Waals surface area (Å²) >= 11 is 1.64. The van der Waals surface area contributed by atoms with Crippen molar-refractivity contribution in [3.63, 3.8) is 0 Å². The highest BCUT2D eigenvalue weighted by Crippen LogP contribution is 2.28. The van der Waals surface area contributed by atoms with Gasteiger partial charge >= 0.3 is 0 Å². The number of aryl methyl sites for hydroxylation is 4. The number of rotatable bonds is 3. The first kappa shape index (κ1) is 14.8. The van der Waals surface area contributed by atoms with Crippen LogP contribution in [0.1, 0.15) is 22.3 Å². The van der Waals surface area contributed by atoms with E-state index in [1.807, 2.05) is 0 Å². The van der Waals surface area contributed by atoms with E-state index in [9.17, 15) is 0 Å². The van der Waals surface area contributed by atoms with E-state index in [0.29, 0.717) is 0 Å². The molecule has 0 saturated carbocycles. The summed E-state index contributed by atoms with van der Waals surface area (Å²) in [5, 5.41) is 6.43. The van der Waals surface area contributed by atoms with Crippen molar-refractivity contribution in [2.75, 3.05) is 5.32 Å². The summed E-state index contributed by atoms with van der Waals surface area (Å²) in [6.07, 6.45) is 0. The summed E-state index contributed by atoms with van der Waals surface area (Å²) < 4.78 is 0. The molecular formula is C19H20N2S. The van der Waals surface area contributed by atoms with Gasteiger partial charge in [0.15, 0.2) is 5.13 Å². The van der Waals surface area contributed by atoms with Crippen LogP contribution in [0.25, 0.3) is 11.3 Å². The number of nitrogens with one attached hydrogen (secondary N) is 1. The Balaban J connectivity index is 1.84. The summed E-state index contributed by atoms with van der Waals surface area (Å²) in [6, 6.07) is 12.9. The van der Waals surface area contributed by atoms with Crippen molar-refractivity contribution < 1.29 is 0 Å². The van der Waals surface area contributed by atoms with E-state index in [0.717, 1.165) is 16.5 Å². The number of thiazole rings is 1. The molecule has 0 bridgehead atoms. The molecule has 2 nitrogen and oxygen atoms in total. The van der Waals surface area contributed by atoms with Crippen LogP contribution in [0.3, 0.4) is 0 Å². The van der Waals surface area contributed by atoms with E-state index in [1.54, 1.807) is 11.3 Å². The van der Waals surface area contributed by atoms with Crippen molar-refractivity contribution in [1.29, 1.82) is 0 Å². The van der Waals surface area contributed by atoms with E-state index in [2.05, 4.69) is 74.8 Å². The molecule has 0 saturated heterocycles. The van der Waals surface area contributed by atoms with E-state index in [4.69, 9.17) is 4.98 Å². The third-order valence-corrected chi connectivity index (χ3v) is 4.82. The molecule has 22 heavy (non-hydrogen) atoms. The van der Waals surface area contributed by atoms with Crippen molar-refractivity contribution >= 4 is 22.2 Å². The first-order valence-corrected chi connectivity index (χ1v) is 8.28. The van der Waals surface area contributed by atoms with Gasteiger partial charge in [0.05, 0.1) is 5.69 Å². The molecule has 0 fully saturated rings. The monoisotopic (exact) mass is 308 g/mol. The zero-order valence-corrected chi connectivity index (χ0v) is 14.2. The minimum absolute atomic E-state index is 0.927. The van der Waals surface area contributed by atoms with Gasteiger partial charge in [-0.1, -0.05) is 18.2 Å². The summed E-state index contributed by atoms with van der Waals surface area (Å²) in [6.45, 7) is 8.52. The lowest BCUT2D eigenvalue weighted by Gasteiger charge is -2.06. The third kappa shape index (κ3) is 3.04. The van der Waals surface area contributed by atoms with Crippen LogP contribution < -0.4 is 5.32 Å². The lowest BCUT2D eigenvalue weighted by molar-refractivity contribution is 1.31. The van der Waals surface area contributed by atoms with Crippen molar-refractivity contribution in [2.45, 2.75) is 27.7 Å². The lowest BCUT2D eigenvalue weighted by atomic mass is 10.1. The van der Waals surface area contributed by atoms with Gasteiger partial charge in [-0.15, -0.1) is 11.3 Å². The molecular weight excluding hydrogens is 288 g/mol. The second-order valence-corrected chi connectivity index (χ2v) is 6.62. The Morgan fingerprint density at radius 2 is 1.50 bits per heavy atom. The molecule has 0 amide bonds. The molecule has 0 radical (unpaired) electrons. The van der Waals surface area contributed by atoms with Gasteiger partial charge in [-0.2, -0.15) is 0 Å². The molecule has 1 heterocycles. The molecule has 3 heteroatoms. The molecule has 2 aromatic carbocycles. The topological polar surface area (TPSA) is 24.9 Å². The van der Waals surface area contributed by atoms with Gasteiger partial charge in [-0.25, -0.2) is 4.98 Å². The van der Waals surface area contributed by atoms with E-state index >= 15 is 0 Å². The Hall–Kier alpha value is -2.13. The van der Waals surface area contributed by atoms with Gasteiger partial charge in [-0.05, 0) is 68.1 Å². The van der Waals surface area contributed by atoms with Crippen LogP contribution in [0.5, 0.6) is 0 Å². The maximum absolute atomic E-state index is 4.71. The van der Waals surface area contributed by atoms with Crippen LogP contribution in [0.4, 0.5) is 10.8 Å². The van der Waals surface area contributed by atoms with Crippen molar-refractivity contribution in [1.82, 2.24) is 4.98 Å². The minimum atomic E-state index is 0.927. The predicted octanol–water partition coefficient (Wildman–Crippen LogP) is 5.79. The predicted molar refractivity (Wildman–Crippen MR) is 96.2 cm³/mol. The highest BCUT2D eigenvalue weighted by Gasteiger charge is 2.06. The largest absolute Gasteiger partial charge is 0.332 e. The first-order chi connectivity index (χ1) is 10.5. The molecule has 0 spiro atoms. The lowest BCUT2D eigenvalue weighted by Crippen LogP contribution is -1.91. The summed E-state index contributed by atoms with van der Waals surface area (Å²) in [4.78, 5) is 4.71. The molecule has 1 aromatic heterocycles. The third-order valence-electron chi connectivity index (χ3n) is 4.07. The summed E-state index contributed by atoms with van der Waals surface area (Å²) in [5.74, 6) is 0. The SMILES string of the molecule is Cc1ccc(Nc2nc(-c3ccc(C)c(C)c3)cs2)cc1C. The molecule has 0 atom stereocenters. The quantitative estimate of drug-likeness (QED) is 0.662. The Morgan fingerprint density at radius 3 is 2.18 bits per heavy atom. The first-order valence-electron chi connectivity index (χ1n) is 7.40. The number of hydrogen-bond donors (Lipinski definition) is 1. The van der Waals surface area contributed by atoms with Gasteiger partial charge in [0, 0.05) is 16.6 Å². The zero-order chi connectivity index (χ0) is 15.7. The van der Waals surface area contributed by atoms with E-state index in [-0.39, 0.29) is 0 Å². The number of aromatic nitrogens is 1. The fourth-order valence-corrected chi connectivity index (χ4v) is 3.05. The maximum Gasteiger partial charge on any atom is 0.187 e. The molecule has 3 rings (SSSR count). The summed E-state index contributed by atoms with van der Waals surface area (Å²) in [5.41, 5.74) is 8.49. The Labute approximate surface area is 135 Å². The van der Waals surface area contributed by atoms with E-state index in [1.165, 1.54) is 27.8 Å². The van der Waals surface area contributed by atoms with Gasteiger partial charge in [0.2, 0.25) is 0 Å². The molecule has 0 unspecified atom stereocenters. The summed E-state index contributed by atoms with van der Waals surface area (Å²) in [7, 11) is 0. The Bertz CT molecular complexity index is 818. The fraction of sp³-hybridized carbons (Fsp3) is 0.211. The van der Waals surface area contributed by atoms with Crippen molar-refractivity contribution in [3.8, 4) is 11.3 Å². The van der Waals surface area contributed by atoms with Crippen LogP contribution in [0.15, 0.2) is 41.8 Å². The zero-order valence-electron chi connectivity index (χ0n) is 13.4. The van der Waals surface area contributed by atoms with E-state index < -0.39 is 0 Å². The molecule has 1 N–H and O–H groups in total. The van der Waals surface area contributed by atoms with Crippen molar-refractivity contribution in [2.24, 2.45) is 0 Å². The van der Waals surface area contributed by atoms with Crippen molar-refractivity contribution in [3.05, 3.63) is 64.0 Å². The number of benzene rings is 2. The fourth-order valence-electron chi connectivity index (χ4n) is 2.31. The van der Waals surface area contributed by atoms with Crippen LogP contribution in [0.2, 0.25) is 0 Å². The van der Waals surface area contributed by atoms with Crippen LogP contribution in [-0.4, -0.2) is 4.98 Å². The second-order valence-electron chi connectivity index (χ2n) is 5.76. The molecule has 0 aliphatic rings. The minimum Gasteiger partial charge on any atom is -0.332 e. The van der Waals surface area contributed by atoms with Crippen LogP contribution in [-0.2, 0) is 0 Å². The molecule has 0 aliphatic heterocycles. The Kier molecular flexibility index (Phi) is 3.99. The number of hydrogen-bond acceptors (Lipinski definition) is 3. The molecule has 112 valence electrons. The molecule has 3 aromatic rings. The van der Waals surface area contributed by atoms with Gasteiger partial charge in [0.1, 0.15) is 0 Å². The number of nitrogens with zero attached hydrogens (tertiary/aromatic N) is 1. The molecule has 0 aliphatic carbocycles. The average Bonchev–Trinajstić information content (AvgIpc) is 2.94. The maximum atomic E-state index is 4.71. The Morgan fingerprint density at radius 1 is 0.818 bits per heavy atom. The van der Waals surface area contributed by atoms with Crippen LogP contribution >= 0.6 is 11.3 Å². The normalized spacial score (nSPS) is 10.7. The van der Waals surface area contributed by atoms with Gasteiger partial charge in [-0.3, -0.25) is 0 Å². The second kappa shape index (κ2) is 5.93. The highest BCUT2D eigenvalue weighted by atomic mass is 32.1. The average molecular weight is 308 g/mol. The smallest absolute Gasteiger partial charge is 0.187 e. The van der Waals surface area contributed by atoms with Gasteiger partial charge < -0.3 is 5.32 Å². The standard InChI is InChI=1S/C19H20N2S/c1-12-5-7-16(9-14(12)3)18-11-22-19(21-18)20-17-8-6-13(2)15(4)10-17/h5-11H,1-4H3,(H,20,21). The number of anilines is 2. The highest BCUT2D eigenvalue weighted by molar-refractivity contribution is 7.14. The van der Waals surface area contributed by atoms with Crippen LogP contribution in [0, 0.1) is 27.7 Å². The van der Waals surface area contributed by atoms with Gasteiger partial charge in [0.25, 0.3) is 0 Å².